The fraction of sp³-hybridized carbons (Fsp3) is 0.364. The third kappa shape index (κ3) is 4.81. The summed E-state index contributed by atoms with van der Waals surface area (Å²) in [5.41, 5.74) is 2.06. The smallest absolute Gasteiger partial charge is 0.251 e. The van der Waals surface area contributed by atoms with Crippen LogP contribution in [0.5, 0.6) is 0 Å². The van der Waals surface area contributed by atoms with E-state index in [2.05, 4.69) is 21.0 Å². The molecule has 0 spiro atoms. The predicted octanol–water partition coefficient (Wildman–Crippen LogP) is 2.40. The van der Waals surface area contributed by atoms with E-state index in [0.717, 1.165) is 44.5 Å². The molecule has 0 bridgehead atoms. The van der Waals surface area contributed by atoms with Gasteiger partial charge >= 0.3 is 0 Å². The van der Waals surface area contributed by atoms with Gasteiger partial charge in [-0.3, -0.25) is 4.79 Å². The molecule has 0 aromatic heterocycles. The molecule has 1 aliphatic heterocycles. The number of nitrogens with one attached hydrogen (secondary N) is 2. The number of sulfonamides is 1. The Kier molecular flexibility index (Phi) is 5.75. The van der Waals surface area contributed by atoms with E-state index < -0.39 is 10.0 Å². The van der Waals surface area contributed by atoms with Gasteiger partial charge in [-0.15, -0.1) is 0 Å². The maximum absolute atomic E-state index is 12.7. The van der Waals surface area contributed by atoms with Crippen LogP contribution >= 0.6 is 0 Å². The molecule has 2 aromatic carbocycles. The maximum atomic E-state index is 12.7. The Labute approximate surface area is 176 Å². The second-order valence-corrected chi connectivity index (χ2v) is 9.53. The average Bonchev–Trinajstić information content (AvgIpc) is 3.58. The number of carbonyl (C=O) groups excluding carboxylic acids is 1. The minimum atomic E-state index is -3.59. The van der Waals surface area contributed by atoms with Crippen LogP contribution in [0.1, 0.15) is 41.6 Å². The van der Waals surface area contributed by atoms with Crippen LogP contribution < -0.4 is 14.9 Å². The molecule has 0 atom stereocenters. The lowest BCUT2D eigenvalue weighted by Gasteiger charge is -2.34. The summed E-state index contributed by atoms with van der Waals surface area (Å²) in [6, 6.07) is 15.9. The quantitative estimate of drug-likeness (QED) is 0.741. The Balaban J connectivity index is 1.34. The summed E-state index contributed by atoms with van der Waals surface area (Å²) in [6.45, 7) is 1.60. The van der Waals surface area contributed by atoms with Gasteiger partial charge in [0.25, 0.3) is 5.91 Å². The molecule has 2 aromatic rings. The number of piperidine rings is 1. The summed E-state index contributed by atoms with van der Waals surface area (Å²) in [7, 11) is -3.59. The molecular weight excluding hydrogens is 400 g/mol. The topological polar surface area (TPSA) is 102 Å². The molecule has 1 amide bonds. The maximum Gasteiger partial charge on any atom is 0.251 e. The zero-order valence-corrected chi connectivity index (χ0v) is 17.4. The van der Waals surface area contributed by atoms with Gasteiger partial charge < -0.3 is 10.2 Å². The van der Waals surface area contributed by atoms with Gasteiger partial charge in [0.05, 0.1) is 16.5 Å². The van der Waals surface area contributed by atoms with E-state index in [0.29, 0.717) is 11.1 Å². The first-order valence-corrected chi connectivity index (χ1v) is 11.6. The van der Waals surface area contributed by atoms with Crippen molar-refractivity contribution in [2.24, 2.45) is 0 Å². The molecule has 30 heavy (non-hydrogen) atoms. The lowest BCUT2D eigenvalue weighted by molar-refractivity contribution is 0.0931. The van der Waals surface area contributed by atoms with Crippen molar-refractivity contribution in [2.75, 3.05) is 18.0 Å². The van der Waals surface area contributed by atoms with Crippen molar-refractivity contribution in [2.45, 2.75) is 42.7 Å². The molecule has 0 radical (unpaired) electrons. The van der Waals surface area contributed by atoms with Gasteiger partial charge in [0.15, 0.2) is 0 Å². The molecular formula is C22H24N4O3S. The first-order chi connectivity index (χ1) is 14.4. The minimum Gasteiger partial charge on any atom is -0.371 e. The van der Waals surface area contributed by atoms with E-state index in [1.165, 1.54) is 12.1 Å². The summed E-state index contributed by atoms with van der Waals surface area (Å²) in [5.74, 6) is -0.254. The predicted molar refractivity (Wildman–Crippen MR) is 114 cm³/mol. The molecule has 1 saturated heterocycles. The van der Waals surface area contributed by atoms with Crippen molar-refractivity contribution < 1.29 is 13.2 Å². The van der Waals surface area contributed by atoms with Crippen LogP contribution in [-0.4, -0.2) is 39.5 Å². The number of rotatable bonds is 6. The first-order valence-electron chi connectivity index (χ1n) is 10.1. The Morgan fingerprint density at radius 2 is 1.70 bits per heavy atom. The SMILES string of the molecule is N#Cc1ccc(N2CCC(NC(=O)c3cccc(S(=O)(=O)NC4CC4)c3)CC2)cc1. The number of amides is 1. The molecule has 2 fully saturated rings. The van der Waals surface area contributed by atoms with Crippen LogP contribution in [0.15, 0.2) is 53.4 Å². The Bertz CT molecular complexity index is 1060. The molecule has 7 nitrogen and oxygen atoms in total. The second kappa shape index (κ2) is 8.46. The Morgan fingerprint density at radius 1 is 1.00 bits per heavy atom. The molecule has 2 N–H and O–H groups in total. The van der Waals surface area contributed by atoms with Gasteiger partial charge in [-0.2, -0.15) is 5.26 Å². The van der Waals surface area contributed by atoms with Gasteiger partial charge in [0, 0.05) is 36.4 Å². The zero-order valence-electron chi connectivity index (χ0n) is 16.5. The van der Waals surface area contributed by atoms with Crippen LogP contribution in [0.25, 0.3) is 0 Å². The van der Waals surface area contributed by atoms with Crippen LogP contribution in [0.3, 0.4) is 0 Å². The lowest BCUT2D eigenvalue weighted by atomic mass is 10.0. The number of anilines is 1. The summed E-state index contributed by atoms with van der Waals surface area (Å²) in [6.07, 6.45) is 3.32. The van der Waals surface area contributed by atoms with Crippen molar-refractivity contribution in [3.05, 3.63) is 59.7 Å². The zero-order chi connectivity index (χ0) is 21.1. The molecule has 1 heterocycles. The second-order valence-electron chi connectivity index (χ2n) is 7.82. The van der Waals surface area contributed by atoms with E-state index in [1.54, 1.807) is 12.1 Å². The standard InChI is InChI=1S/C22H24N4O3S/c23-15-16-4-8-20(9-5-16)26-12-10-18(11-13-26)24-22(27)17-2-1-3-21(14-17)30(28,29)25-19-6-7-19/h1-5,8-9,14,18-19,25H,6-7,10-13H2,(H,24,27). The number of hydrogen-bond donors (Lipinski definition) is 2. The van der Waals surface area contributed by atoms with E-state index in [4.69, 9.17) is 5.26 Å². The van der Waals surface area contributed by atoms with E-state index in [-0.39, 0.29) is 22.9 Å². The summed E-state index contributed by atoms with van der Waals surface area (Å²) in [5, 5.41) is 11.9. The van der Waals surface area contributed by atoms with Crippen LogP contribution in [0.2, 0.25) is 0 Å². The molecule has 2 aliphatic rings. The van der Waals surface area contributed by atoms with Gasteiger partial charge in [-0.25, -0.2) is 13.1 Å². The highest BCUT2D eigenvalue weighted by Crippen LogP contribution is 2.23. The third-order valence-corrected chi connectivity index (χ3v) is 7.02. The van der Waals surface area contributed by atoms with E-state index in [1.807, 2.05) is 24.3 Å². The largest absolute Gasteiger partial charge is 0.371 e. The monoisotopic (exact) mass is 424 g/mol. The number of nitrogens with zero attached hydrogens (tertiary/aromatic N) is 2. The van der Waals surface area contributed by atoms with Crippen molar-refractivity contribution in [1.29, 1.82) is 5.26 Å². The third-order valence-electron chi connectivity index (χ3n) is 5.50. The van der Waals surface area contributed by atoms with Gasteiger partial charge in [0.2, 0.25) is 10.0 Å². The fourth-order valence-electron chi connectivity index (χ4n) is 3.59. The Morgan fingerprint density at radius 3 is 2.33 bits per heavy atom. The first kappa shape index (κ1) is 20.4. The summed E-state index contributed by atoms with van der Waals surface area (Å²) >= 11 is 0. The fourth-order valence-corrected chi connectivity index (χ4v) is 4.94. The lowest BCUT2D eigenvalue weighted by Crippen LogP contribution is -2.44. The van der Waals surface area contributed by atoms with Crippen molar-refractivity contribution in [3.8, 4) is 6.07 Å². The highest BCUT2D eigenvalue weighted by molar-refractivity contribution is 7.89. The van der Waals surface area contributed by atoms with Crippen LogP contribution in [0.4, 0.5) is 5.69 Å². The summed E-state index contributed by atoms with van der Waals surface area (Å²) < 4.78 is 27.4. The number of benzene rings is 2. The van der Waals surface area contributed by atoms with Crippen molar-refractivity contribution >= 4 is 21.6 Å². The van der Waals surface area contributed by atoms with Crippen molar-refractivity contribution in [3.63, 3.8) is 0 Å². The minimum absolute atomic E-state index is 0.0220. The highest BCUT2D eigenvalue weighted by Gasteiger charge is 2.28. The van der Waals surface area contributed by atoms with Gasteiger partial charge in [-0.1, -0.05) is 6.07 Å². The average molecular weight is 425 g/mol. The molecule has 4 rings (SSSR count). The van der Waals surface area contributed by atoms with Crippen molar-refractivity contribution in [1.82, 2.24) is 10.0 Å². The van der Waals surface area contributed by atoms with Gasteiger partial charge in [-0.05, 0) is 68.1 Å². The van der Waals surface area contributed by atoms with E-state index >= 15 is 0 Å². The van der Waals surface area contributed by atoms with E-state index in [9.17, 15) is 13.2 Å². The Hall–Kier alpha value is -2.89. The number of nitriles is 1. The van der Waals surface area contributed by atoms with Gasteiger partial charge in [0.1, 0.15) is 0 Å². The molecule has 1 aliphatic carbocycles. The summed E-state index contributed by atoms with van der Waals surface area (Å²) in [4.78, 5) is 15.0. The molecule has 8 heteroatoms. The van der Waals surface area contributed by atoms with Crippen LogP contribution in [0, 0.1) is 11.3 Å². The molecule has 156 valence electrons. The number of carbonyl (C=O) groups is 1. The normalized spacial score (nSPS) is 17.4. The molecule has 0 unspecified atom stereocenters. The molecule has 1 saturated carbocycles. The number of hydrogen-bond acceptors (Lipinski definition) is 5. The van der Waals surface area contributed by atoms with Crippen LogP contribution in [-0.2, 0) is 10.0 Å². The highest BCUT2D eigenvalue weighted by atomic mass is 32.2.